The third kappa shape index (κ3) is 4.91. The van der Waals surface area contributed by atoms with Crippen molar-refractivity contribution in [2.24, 2.45) is 0 Å². The number of aliphatic hydroxyl groups excluding tert-OH is 1. The van der Waals surface area contributed by atoms with Gasteiger partial charge >= 0.3 is 12.0 Å². The van der Waals surface area contributed by atoms with Gasteiger partial charge in [-0.3, -0.25) is 0 Å². The SMILES string of the molecule is CSC1CCCCC1NC(=O)N[C@H](C(=O)O)[C@@H](C)O. The highest BCUT2D eigenvalue weighted by Crippen LogP contribution is 2.26. The van der Waals surface area contributed by atoms with Crippen molar-refractivity contribution >= 4 is 23.8 Å². The summed E-state index contributed by atoms with van der Waals surface area (Å²) in [5.74, 6) is -1.24. The van der Waals surface area contributed by atoms with E-state index in [1.54, 1.807) is 11.8 Å². The van der Waals surface area contributed by atoms with Crippen molar-refractivity contribution in [3.63, 3.8) is 0 Å². The van der Waals surface area contributed by atoms with Gasteiger partial charge in [-0.1, -0.05) is 12.8 Å². The standard InChI is InChI=1S/C12H22N2O4S/c1-7(15)10(11(16)17)14-12(18)13-8-5-3-4-6-9(8)19-2/h7-10,15H,3-6H2,1-2H3,(H,16,17)(H2,13,14,18)/t7-,8?,9?,10+/m1/s1. The van der Waals surface area contributed by atoms with E-state index in [0.29, 0.717) is 5.25 Å². The number of thioether (sulfide) groups is 1. The predicted molar refractivity (Wildman–Crippen MR) is 74.3 cm³/mol. The molecule has 0 radical (unpaired) electrons. The van der Waals surface area contributed by atoms with Crippen molar-refractivity contribution in [1.82, 2.24) is 10.6 Å². The molecule has 19 heavy (non-hydrogen) atoms. The maximum atomic E-state index is 11.8. The van der Waals surface area contributed by atoms with Crippen LogP contribution < -0.4 is 10.6 Å². The molecule has 1 fully saturated rings. The fourth-order valence-corrected chi connectivity index (χ4v) is 3.22. The highest BCUT2D eigenvalue weighted by atomic mass is 32.2. The molecule has 7 heteroatoms. The number of carboxylic acids is 1. The van der Waals surface area contributed by atoms with Crippen LogP contribution in [-0.2, 0) is 4.79 Å². The van der Waals surface area contributed by atoms with E-state index in [9.17, 15) is 14.7 Å². The quantitative estimate of drug-likeness (QED) is 0.600. The summed E-state index contributed by atoms with van der Waals surface area (Å²) in [7, 11) is 0. The number of carbonyl (C=O) groups excluding carboxylic acids is 1. The fraction of sp³-hybridized carbons (Fsp3) is 0.833. The van der Waals surface area contributed by atoms with Crippen LogP contribution in [-0.4, -0.2) is 51.9 Å². The molecule has 4 N–H and O–H groups in total. The molecule has 2 unspecified atom stereocenters. The lowest BCUT2D eigenvalue weighted by Crippen LogP contribution is -2.55. The molecule has 4 atom stereocenters. The minimum atomic E-state index is -1.28. The summed E-state index contributed by atoms with van der Waals surface area (Å²) in [6, 6.07) is -1.75. The molecule has 6 nitrogen and oxygen atoms in total. The molecule has 0 heterocycles. The Labute approximate surface area is 117 Å². The molecule has 110 valence electrons. The van der Waals surface area contributed by atoms with Gasteiger partial charge < -0.3 is 20.8 Å². The van der Waals surface area contributed by atoms with Crippen LogP contribution in [0.25, 0.3) is 0 Å². The maximum absolute atomic E-state index is 11.8. The molecular formula is C12H22N2O4S. The number of amides is 2. The Hall–Kier alpha value is -0.950. The first kappa shape index (κ1) is 16.1. The summed E-state index contributed by atoms with van der Waals surface area (Å²) in [4.78, 5) is 22.7. The summed E-state index contributed by atoms with van der Waals surface area (Å²) in [6.45, 7) is 1.34. The molecule has 2 amide bonds. The number of carboxylic acid groups (broad SMARTS) is 1. The van der Waals surface area contributed by atoms with Crippen LogP contribution >= 0.6 is 11.8 Å². The Kier molecular flexibility index (Phi) is 6.44. The Bertz CT molecular complexity index is 325. The number of aliphatic carboxylic acids is 1. The van der Waals surface area contributed by atoms with Crippen LogP contribution in [0.4, 0.5) is 4.79 Å². The smallest absolute Gasteiger partial charge is 0.328 e. The van der Waals surface area contributed by atoms with Gasteiger partial charge in [-0.15, -0.1) is 0 Å². The topological polar surface area (TPSA) is 98.7 Å². The molecular weight excluding hydrogens is 268 g/mol. The number of hydrogen-bond acceptors (Lipinski definition) is 4. The molecule has 0 aromatic rings. The van der Waals surface area contributed by atoms with Gasteiger partial charge in [-0.05, 0) is 26.0 Å². The van der Waals surface area contributed by atoms with Crippen molar-refractivity contribution in [3.8, 4) is 0 Å². The Morgan fingerprint density at radius 3 is 2.47 bits per heavy atom. The van der Waals surface area contributed by atoms with Crippen molar-refractivity contribution < 1.29 is 19.8 Å². The summed E-state index contributed by atoms with van der Waals surface area (Å²) in [6.07, 6.45) is 5.08. The van der Waals surface area contributed by atoms with Crippen LogP contribution in [0, 0.1) is 0 Å². The lowest BCUT2D eigenvalue weighted by Gasteiger charge is -2.31. The van der Waals surface area contributed by atoms with E-state index in [4.69, 9.17) is 5.11 Å². The van der Waals surface area contributed by atoms with Gasteiger partial charge in [0.05, 0.1) is 6.10 Å². The zero-order valence-electron chi connectivity index (χ0n) is 11.3. The second-order valence-corrected chi connectivity index (χ2v) is 5.92. The van der Waals surface area contributed by atoms with Gasteiger partial charge in [0.25, 0.3) is 0 Å². The first-order chi connectivity index (χ1) is 8.95. The molecule has 0 aromatic carbocycles. The molecule has 1 saturated carbocycles. The first-order valence-corrected chi connectivity index (χ1v) is 7.75. The molecule has 1 rings (SSSR count). The maximum Gasteiger partial charge on any atom is 0.328 e. The summed E-state index contributed by atoms with van der Waals surface area (Å²) < 4.78 is 0. The van der Waals surface area contributed by atoms with Crippen LogP contribution in [0.2, 0.25) is 0 Å². The van der Waals surface area contributed by atoms with E-state index in [2.05, 4.69) is 10.6 Å². The van der Waals surface area contributed by atoms with Crippen LogP contribution in [0.15, 0.2) is 0 Å². The molecule has 0 saturated heterocycles. The Balaban J connectivity index is 2.51. The van der Waals surface area contributed by atoms with Crippen molar-refractivity contribution in [1.29, 1.82) is 0 Å². The van der Waals surface area contributed by atoms with Gasteiger partial charge in [-0.25, -0.2) is 9.59 Å². The van der Waals surface area contributed by atoms with E-state index >= 15 is 0 Å². The molecule has 1 aliphatic rings. The summed E-state index contributed by atoms with van der Waals surface area (Å²) in [5, 5.41) is 23.7. The molecule has 0 spiro atoms. The Morgan fingerprint density at radius 1 is 1.32 bits per heavy atom. The van der Waals surface area contributed by atoms with Gasteiger partial charge in [-0.2, -0.15) is 11.8 Å². The summed E-state index contributed by atoms with van der Waals surface area (Å²) in [5.41, 5.74) is 0. The van der Waals surface area contributed by atoms with Crippen molar-refractivity contribution in [3.05, 3.63) is 0 Å². The fourth-order valence-electron chi connectivity index (χ4n) is 2.28. The monoisotopic (exact) mass is 290 g/mol. The average Bonchev–Trinajstić information content (AvgIpc) is 2.36. The van der Waals surface area contributed by atoms with Crippen LogP contribution in [0.1, 0.15) is 32.6 Å². The minimum Gasteiger partial charge on any atom is -0.480 e. The van der Waals surface area contributed by atoms with E-state index in [-0.39, 0.29) is 6.04 Å². The van der Waals surface area contributed by atoms with Gasteiger partial charge in [0.15, 0.2) is 6.04 Å². The molecule has 0 aromatic heterocycles. The van der Waals surface area contributed by atoms with Gasteiger partial charge in [0.2, 0.25) is 0 Å². The highest BCUT2D eigenvalue weighted by Gasteiger charge is 2.29. The highest BCUT2D eigenvalue weighted by molar-refractivity contribution is 7.99. The number of aliphatic hydroxyl groups is 1. The number of rotatable bonds is 5. The van der Waals surface area contributed by atoms with E-state index in [0.717, 1.165) is 25.7 Å². The number of carbonyl (C=O) groups is 2. The van der Waals surface area contributed by atoms with E-state index < -0.39 is 24.1 Å². The van der Waals surface area contributed by atoms with E-state index in [1.807, 2.05) is 6.26 Å². The Morgan fingerprint density at radius 2 is 1.95 bits per heavy atom. The lowest BCUT2D eigenvalue weighted by molar-refractivity contribution is -0.141. The van der Waals surface area contributed by atoms with Crippen molar-refractivity contribution in [2.45, 2.75) is 56.0 Å². The van der Waals surface area contributed by atoms with Gasteiger partial charge in [0, 0.05) is 11.3 Å². The second kappa shape index (κ2) is 7.59. The largest absolute Gasteiger partial charge is 0.480 e. The minimum absolute atomic E-state index is 0.0622. The number of nitrogens with one attached hydrogen (secondary N) is 2. The summed E-state index contributed by atoms with van der Waals surface area (Å²) >= 11 is 1.72. The molecule has 0 aliphatic heterocycles. The first-order valence-electron chi connectivity index (χ1n) is 6.46. The average molecular weight is 290 g/mol. The van der Waals surface area contributed by atoms with Crippen LogP contribution in [0.3, 0.4) is 0 Å². The third-order valence-corrected chi connectivity index (χ3v) is 4.53. The van der Waals surface area contributed by atoms with Gasteiger partial charge in [0.1, 0.15) is 0 Å². The zero-order chi connectivity index (χ0) is 14.4. The molecule has 1 aliphatic carbocycles. The van der Waals surface area contributed by atoms with E-state index in [1.165, 1.54) is 6.92 Å². The predicted octanol–water partition coefficient (Wildman–Crippen LogP) is 0.794. The second-order valence-electron chi connectivity index (χ2n) is 4.84. The normalized spacial score (nSPS) is 26.3. The number of hydrogen-bond donors (Lipinski definition) is 4. The van der Waals surface area contributed by atoms with Crippen LogP contribution in [0.5, 0.6) is 0 Å². The number of urea groups is 1. The molecule has 0 bridgehead atoms. The van der Waals surface area contributed by atoms with Crippen molar-refractivity contribution in [2.75, 3.05) is 6.26 Å². The lowest BCUT2D eigenvalue weighted by atomic mass is 9.95. The third-order valence-electron chi connectivity index (χ3n) is 3.36. The zero-order valence-corrected chi connectivity index (χ0v) is 12.1.